The number of para-hydroxylation sites is 1. The van der Waals surface area contributed by atoms with Crippen molar-refractivity contribution in [3.05, 3.63) is 211 Å². The van der Waals surface area contributed by atoms with Crippen LogP contribution in [0.5, 0.6) is 0 Å². The highest BCUT2D eigenvalue weighted by Crippen LogP contribution is 2.42. The van der Waals surface area contributed by atoms with Crippen LogP contribution in [0.15, 0.2) is 186 Å². The van der Waals surface area contributed by atoms with Crippen molar-refractivity contribution in [3.8, 4) is 44.8 Å². The van der Waals surface area contributed by atoms with Gasteiger partial charge in [0.15, 0.2) is 17.5 Å². The van der Waals surface area contributed by atoms with E-state index in [2.05, 4.69) is 170 Å². The maximum absolute atomic E-state index is 6.78. The first-order valence-electron chi connectivity index (χ1n) is 19.0. The summed E-state index contributed by atoms with van der Waals surface area (Å²) in [5, 5.41) is 1.07. The molecule has 6 aromatic carbocycles. The molecule has 2 aliphatic rings. The molecule has 8 aromatic rings. The number of fused-ring (bicyclic) bond motifs is 3. The van der Waals surface area contributed by atoms with E-state index in [0.717, 1.165) is 75.0 Å². The number of hydrogen-bond acceptors (Lipinski definition) is 4. The van der Waals surface area contributed by atoms with Gasteiger partial charge < -0.3 is 4.42 Å². The van der Waals surface area contributed by atoms with E-state index in [9.17, 15) is 0 Å². The van der Waals surface area contributed by atoms with Gasteiger partial charge in [0, 0.05) is 45.6 Å². The van der Waals surface area contributed by atoms with Crippen molar-refractivity contribution < 1.29 is 4.42 Å². The van der Waals surface area contributed by atoms with Crippen molar-refractivity contribution in [2.45, 2.75) is 25.2 Å². The molecule has 0 fully saturated rings. The van der Waals surface area contributed by atoms with Crippen LogP contribution in [0.1, 0.15) is 47.3 Å². The molecule has 10 rings (SSSR count). The SMILES string of the molecule is C1=CC(c2ccccc2)CC=C1c1nc(C2=CCCc3oc4c(-c5ccc(-c6ccccc6)cc5)cccc4c32)nc(-c2ccc(-c3ccccc3)cc2)n1. The number of hydrogen-bond donors (Lipinski definition) is 0. The van der Waals surface area contributed by atoms with Gasteiger partial charge in [-0.3, -0.25) is 0 Å². The highest BCUT2D eigenvalue weighted by atomic mass is 16.3. The summed E-state index contributed by atoms with van der Waals surface area (Å²) in [4.78, 5) is 15.5. The molecule has 0 amide bonds. The predicted molar refractivity (Wildman–Crippen MR) is 224 cm³/mol. The van der Waals surface area contributed by atoms with Crippen LogP contribution >= 0.6 is 0 Å². The molecule has 55 heavy (non-hydrogen) atoms. The van der Waals surface area contributed by atoms with Gasteiger partial charge in [0.2, 0.25) is 0 Å². The number of nitrogens with zero attached hydrogens (tertiary/aromatic N) is 3. The Hall–Kier alpha value is -6.91. The van der Waals surface area contributed by atoms with Gasteiger partial charge >= 0.3 is 0 Å². The number of aromatic nitrogens is 3. The minimum Gasteiger partial charge on any atom is -0.460 e. The van der Waals surface area contributed by atoms with Gasteiger partial charge in [0.25, 0.3) is 0 Å². The lowest BCUT2D eigenvalue weighted by atomic mass is 9.90. The number of aryl methyl sites for hydroxylation is 1. The van der Waals surface area contributed by atoms with E-state index in [1.807, 2.05) is 12.1 Å². The molecule has 0 saturated heterocycles. The molecule has 0 bridgehead atoms. The van der Waals surface area contributed by atoms with Crippen LogP contribution in [0.25, 0.3) is 66.9 Å². The molecule has 2 aromatic heterocycles. The second kappa shape index (κ2) is 14.1. The molecule has 4 heteroatoms. The van der Waals surface area contributed by atoms with E-state index in [0.29, 0.717) is 23.4 Å². The summed E-state index contributed by atoms with van der Waals surface area (Å²) in [6.45, 7) is 0. The van der Waals surface area contributed by atoms with Gasteiger partial charge in [-0.15, -0.1) is 0 Å². The largest absolute Gasteiger partial charge is 0.460 e. The Balaban J connectivity index is 1.05. The lowest BCUT2D eigenvalue weighted by molar-refractivity contribution is 0.546. The molecular formula is C51H37N3O. The monoisotopic (exact) mass is 707 g/mol. The van der Waals surface area contributed by atoms with Gasteiger partial charge in [-0.25, -0.2) is 15.0 Å². The third-order valence-electron chi connectivity index (χ3n) is 10.8. The zero-order chi connectivity index (χ0) is 36.6. The Morgan fingerprint density at radius 1 is 0.491 bits per heavy atom. The zero-order valence-electron chi connectivity index (χ0n) is 30.3. The van der Waals surface area contributed by atoms with Crippen molar-refractivity contribution in [2.75, 3.05) is 0 Å². The van der Waals surface area contributed by atoms with E-state index in [4.69, 9.17) is 19.4 Å². The molecule has 1 unspecified atom stereocenters. The molecule has 2 aliphatic carbocycles. The summed E-state index contributed by atoms with van der Waals surface area (Å²) < 4.78 is 6.78. The van der Waals surface area contributed by atoms with E-state index in [1.165, 1.54) is 22.3 Å². The molecule has 262 valence electrons. The lowest BCUT2D eigenvalue weighted by Gasteiger charge is -2.18. The summed E-state index contributed by atoms with van der Waals surface area (Å²) in [5.41, 5.74) is 13.1. The number of furan rings is 1. The third-order valence-corrected chi connectivity index (χ3v) is 10.8. The topological polar surface area (TPSA) is 51.8 Å². The second-order valence-electron chi connectivity index (χ2n) is 14.2. The molecule has 1 atom stereocenters. The third kappa shape index (κ3) is 6.32. The molecule has 0 radical (unpaired) electrons. The zero-order valence-corrected chi connectivity index (χ0v) is 30.3. The van der Waals surface area contributed by atoms with E-state index in [-0.39, 0.29) is 0 Å². The van der Waals surface area contributed by atoms with E-state index >= 15 is 0 Å². The van der Waals surface area contributed by atoms with Crippen molar-refractivity contribution in [3.63, 3.8) is 0 Å². The van der Waals surface area contributed by atoms with Crippen LogP contribution in [0.2, 0.25) is 0 Å². The number of allylic oxidation sites excluding steroid dienone is 5. The van der Waals surface area contributed by atoms with Crippen LogP contribution in [-0.2, 0) is 6.42 Å². The molecule has 0 aliphatic heterocycles. The fourth-order valence-electron chi connectivity index (χ4n) is 7.92. The van der Waals surface area contributed by atoms with Gasteiger partial charge in [0.1, 0.15) is 11.3 Å². The minimum atomic E-state index is 0.320. The molecule has 2 heterocycles. The second-order valence-corrected chi connectivity index (χ2v) is 14.2. The quantitative estimate of drug-likeness (QED) is 0.165. The van der Waals surface area contributed by atoms with Crippen LogP contribution in [0.3, 0.4) is 0 Å². The van der Waals surface area contributed by atoms with Gasteiger partial charge in [-0.2, -0.15) is 0 Å². The molecule has 0 spiro atoms. The van der Waals surface area contributed by atoms with E-state index in [1.54, 1.807) is 0 Å². The van der Waals surface area contributed by atoms with Crippen LogP contribution in [-0.4, -0.2) is 15.0 Å². The van der Waals surface area contributed by atoms with Gasteiger partial charge in [-0.1, -0.05) is 182 Å². The fraction of sp³-hybridized carbons (Fsp3) is 0.0784. The Labute approximate surface area is 320 Å². The molecular weight excluding hydrogens is 671 g/mol. The van der Waals surface area contributed by atoms with Crippen molar-refractivity contribution in [1.82, 2.24) is 15.0 Å². The standard InChI is InChI=1S/C51H37N3O/c1-4-12-34(13-5-1)37-22-28-40(29-23-37)43-18-10-19-44-47-45(20-11-21-46(47)55-48(43)44)51-53-49(41-30-24-38(25-31-41)35-14-6-2-7-15-35)52-50(54-51)42-32-26-39(27-33-42)36-16-8-3-9-17-36/h1-10,12-20,22-26,28-33,39H,11,21,27H2. The highest BCUT2D eigenvalue weighted by Gasteiger charge is 2.27. The molecule has 4 nitrogen and oxygen atoms in total. The first-order chi connectivity index (χ1) is 27.2. The Morgan fingerprint density at radius 3 is 1.73 bits per heavy atom. The summed E-state index contributed by atoms with van der Waals surface area (Å²) in [6, 6.07) is 55.3. The number of benzene rings is 6. The fourth-order valence-corrected chi connectivity index (χ4v) is 7.92. The maximum atomic E-state index is 6.78. The highest BCUT2D eigenvalue weighted by molar-refractivity contribution is 6.02. The van der Waals surface area contributed by atoms with E-state index < -0.39 is 0 Å². The van der Waals surface area contributed by atoms with Crippen molar-refractivity contribution >= 4 is 22.1 Å². The Bertz CT molecular complexity index is 2740. The minimum absolute atomic E-state index is 0.320. The maximum Gasteiger partial charge on any atom is 0.164 e. The summed E-state index contributed by atoms with van der Waals surface area (Å²) in [5.74, 6) is 3.28. The average molecular weight is 708 g/mol. The van der Waals surface area contributed by atoms with Gasteiger partial charge in [0.05, 0.1) is 0 Å². The lowest BCUT2D eigenvalue weighted by Crippen LogP contribution is -2.09. The van der Waals surface area contributed by atoms with Crippen LogP contribution in [0, 0.1) is 0 Å². The summed E-state index contributed by atoms with van der Waals surface area (Å²) in [6.07, 6.45) is 11.5. The van der Waals surface area contributed by atoms with Crippen molar-refractivity contribution in [1.29, 1.82) is 0 Å². The Morgan fingerprint density at radius 2 is 1.07 bits per heavy atom. The molecule has 0 saturated carbocycles. The van der Waals surface area contributed by atoms with Gasteiger partial charge in [-0.05, 0) is 46.2 Å². The van der Waals surface area contributed by atoms with Crippen LogP contribution < -0.4 is 0 Å². The molecule has 0 N–H and O–H groups in total. The van der Waals surface area contributed by atoms with Crippen molar-refractivity contribution in [2.24, 2.45) is 0 Å². The van der Waals surface area contributed by atoms with Crippen LogP contribution in [0.4, 0.5) is 0 Å². The summed E-state index contributed by atoms with van der Waals surface area (Å²) in [7, 11) is 0. The smallest absolute Gasteiger partial charge is 0.164 e. The predicted octanol–water partition coefficient (Wildman–Crippen LogP) is 12.8. The Kier molecular flexibility index (Phi) is 8.42. The number of rotatable bonds is 7. The average Bonchev–Trinajstić information content (AvgIpc) is 3.67. The summed E-state index contributed by atoms with van der Waals surface area (Å²) >= 11 is 0. The normalized spacial score (nSPS) is 15.0. The first kappa shape index (κ1) is 32.7. The first-order valence-corrected chi connectivity index (χ1v) is 19.0.